The van der Waals surface area contributed by atoms with Gasteiger partial charge in [0, 0.05) is 18.4 Å². The van der Waals surface area contributed by atoms with Crippen molar-refractivity contribution in [2.75, 3.05) is 6.54 Å². The van der Waals surface area contributed by atoms with Crippen molar-refractivity contribution in [1.82, 2.24) is 19.9 Å². The minimum atomic E-state index is 0.466. The van der Waals surface area contributed by atoms with Crippen LogP contribution in [-0.4, -0.2) is 32.4 Å². The summed E-state index contributed by atoms with van der Waals surface area (Å²) in [4.78, 5) is 16.3. The van der Waals surface area contributed by atoms with Gasteiger partial charge in [0.15, 0.2) is 5.82 Å². The highest BCUT2D eigenvalue weighted by Crippen LogP contribution is 2.37. The molecule has 22 heavy (non-hydrogen) atoms. The largest absolute Gasteiger partial charge is 0.292 e. The molecule has 2 aromatic heterocycles. The Bertz CT molecular complexity index is 622. The number of pyridine rings is 1. The van der Waals surface area contributed by atoms with Crippen molar-refractivity contribution >= 4 is 0 Å². The molecule has 1 saturated heterocycles. The summed E-state index contributed by atoms with van der Waals surface area (Å²) >= 11 is 0. The number of nitrogens with zero attached hydrogens (tertiary/aromatic N) is 4. The van der Waals surface area contributed by atoms with E-state index < -0.39 is 0 Å². The zero-order valence-corrected chi connectivity index (χ0v) is 12.9. The van der Waals surface area contributed by atoms with Gasteiger partial charge in [0.25, 0.3) is 0 Å². The van der Waals surface area contributed by atoms with Crippen LogP contribution in [0.15, 0.2) is 36.7 Å². The van der Waals surface area contributed by atoms with Crippen molar-refractivity contribution < 1.29 is 0 Å². The summed E-state index contributed by atoms with van der Waals surface area (Å²) in [6.45, 7) is 1.22. The number of likely N-dealkylation sites (tertiary alicyclic amines) is 1. The Hall–Kier alpha value is -1.81. The molecule has 114 valence electrons. The fourth-order valence-electron chi connectivity index (χ4n) is 3.96. The van der Waals surface area contributed by atoms with E-state index in [1.165, 1.54) is 50.8 Å². The number of aromatic nitrogens is 3. The molecule has 0 bridgehead atoms. The second-order valence-corrected chi connectivity index (χ2v) is 6.35. The molecular formula is C18H22N4. The third kappa shape index (κ3) is 2.63. The van der Waals surface area contributed by atoms with Crippen LogP contribution in [0, 0.1) is 0 Å². The molecule has 2 fully saturated rings. The fourth-order valence-corrected chi connectivity index (χ4v) is 3.96. The molecule has 0 radical (unpaired) electrons. The molecule has 1 aliphatic heterocycles. The lowest BCUT2D eigenvalue weighted by atomic mass is 10.1. The fraction of sp³-hybridized carbons (Fsp3) is 0.500. The van der Waals surface area contributed by atoms with E-state index in [2.05, 4.69) is 20.9 Å². The molecule has 2 aliphatic rings. The smallest absolute Gasteiger partial charge is 0.178 e. The predicted molar refractivity (Wildman–Crippen MR) is 86.2 cm³/mol. The Morgan fingerprint density at radius 3 is 2.64 bits per heavy atom. The molecule has 0 unspecified atom stereocenters. The maximum Gasteiger partial charge on any atom is 0.178 e. The van der Waals surface area contributed by atoms with Crippen molar-refractivity contribution in [2.24, 2.45) is 0 Å². The second kappa shape index (κ2) is 6.13. The monoisotopic (exact) mass is 294 g/mol. The number of rotatable bonds is 3. The van der Waals surface area contributed by atoms with E-state index >= 15 is 0 Å². The topological polar surface area (TPSA) is 41.9 Å². The zero-order valence-electron chi connectivity index (χ0n) is 12.9. The van der Waals surface area contributed by atoms with Crippen LogP contribution in [0.1, 0.15) is 50.3 Å². The van der Waals surface area contributed by atoms with Crippen molar-refractivity contribution in [3.8, 4) is 11.5 Å². The third-order valence-electron chi connectivity index (χ3n) is 5.00. The minimum absolute atomic E-state index is 0.466. The highest BCUT2D eigenvalue weighted by molar-refractivity contribution is 5.48. The lowest BCUT2D eigenvalue weighted by Crippen LogP contribution is -2.33. The van der Waals surface area contributed by atoms with Gasteiger partial charge in [-0.25, -0.2) is 9.97 Å². The molecule has 0 aromatic carbocycles. The molecule has 1 atom stereocenters. The van der Waals surface area contributed by atoms with E-state index in [4.69, 9.17) is 4.98 Å². The van der Waals surface area contributed by atoms with Crippen LogP contribution < -0.4 is 0 Å². The first-order valence-electron chi connectivity index (χ1n) is 8.42. The SMILES string of the molecule is c1ccc(-c2nccc([C@H]3CCCN3C3CCCC3)n2)nc1. The Kier molecular flexibility index (Phi) is 3.85. The van der Waals surface area contributed by atoms with Gasteiger partial charge in [-0.15, -0.1) is 0 Å². The van der Waals surface area contributed by atoms with Gasteiger partial charge in [-0.2, -0.15) is 0 Å². The van der Waals surface area contributed by atoms with Gasteiger partial charge in [0.1, 0.15) is 5.69 Å². The van der Waals surface area contributed by atoms with E-state index in [-0.39, 0.29) is 0 Å². The van der Waals surface area contributed by atoms with E-state index in [0.717, 1.165) is 17.6 Å². The summed E-state index contributed by atoms with van der Waals surface area (Å²) in [5.74, 6) is 0.747. The maximum atomic E-state index is 4.83. The van der Waals surface area contributed by atoms with Gasteiger partial charge >= 0.3 is 0 Å². The van der Waals surface area contributed by atoms with E-state index in [1.807, 2.05) is 24.4 Å². The first-order chi connectivity index (χ1) is 10.9. The van der Waals surface area contributed by atoms with E-state index in [0.29, 0.717) is 6.04 Å². The van der Waals surface area contributed by atoms with Crippen LogP contribution in [0.5, 0.6) is 0 Å². The van der Waals surface area contributed by atoms with Gasteiger partial charge < -0.3 is 0 Å². The number of hydrogen-bond acceptors (Lipinski definition) is 4. The lowest BCUT2D eigenvalue weighted by Gasteiger charge is -2.30. The van der Waals surface area contributed by atoms with Crippen molar-refractivity contribution in [3.63, 3.8) is 0 Å². The van der Waals surface area contributed by atoms with E-state index in [1.54, 1.807) is 6.20 Å². The minimum Gasteiger partial charge on any atom is -0.292 e. The predicted octanol–water partition coefficient (Wildman–Crippen LogP) is 3.62. The highest BCUT2D eigenvalue weighted by Gasteiger charge is 2.34. The molecule has 2 aromatic rings. The summed E-state index contributed by atoms with van der Waals surface area (Å²) < 4.78 is 0. The second-order valence-electron chi connectivity index (χ2n) is 6.35. The third-order valence-corrected chi connectivity index (χ3v) is 5.00. The summed E-state index contributed by atoms with van der Waals surface area (Å²) in [5, 5.41) is 0. The van der Waals surface area contributed by atoms with Crippen molar-refractivity contribution in [2.45, 2.75) is 50.6 Å². The summed E-state index contributed by atoms with van der Waals surface area (Å²) in [6, 6.07) is 9.20. The average Bonchev–Trinajstić information content (AvgIpc) is 3.27. The molecule has 3 heterocycles. The molecule has 4 nitrogen and oxygen atoms in total. The van der Waals surface area contributed by atoms with Gasteiger partial charge in [-0.3, -0.25) is 9.88 Å². The standard InChI is InChI=1S/C18H22N4/c1-2-7-14(6-1)22-13-5-9-17(22)15-10-12-20-18(21-15)16-8-3-4-11-19-16/h3-4,8,10-12,14,17H,1-2,5-7,9,13H2/t17-/m1/s1. The van der Waals surface area contributed by atoms with Gasteiger partial charge in [0.05, 0.1) is 11.7 Å². The molecular weight excluding hydrogens is 272 g/mol. The molecule has 0 spiro atoms. The Morgan fingerprint density at radius 1 is 0.909 bits per heavy atom. The molecule has 4 heteroatoms. The van der Waals surface area contributed by atoms with Gasteiger partial charge in [-0.1, -0.05) is 18.9 Å². The summed E-state index contributed by atoms with van der Waals surface area (Å²) in [6.07, 6.45) is 11.7. The first-order valence-corrected chi connectivity index (χ1v) is 8.42. The molecule has 0 amide bonds. The van der Waals surface area contributed by atoms with Crippen molar-refractivity contribution in [1.29, 1.82) is 0 Å². The Labute approximate surface area is 131 Å². The Balaban J connectivity index is 1.62. The van der Waals surface area contributed by atoms with Crippen molar-refractivity contribution in [3.05, 3.63) is 42.4 Å². The normalized spacial score (nSPS) is 23.2. The number of hydrogen-bond donors (Lipinski definition) is 0. The van der Waals surface area contributed by atoms with E-state index in [9.17, 15) is 0 Å². The van der Waals surface area contributed by atoms with Crippen LogP contribution >= 0.6 is 0 Å². The molecule has 1 aliphatic carbocycles. The quantitative estimate of drug-likeness (QED) is 0.867. The lowest BCUT2D eigenvalue weighted by molar-refractivity contribution is 0.180. The molecule has 0 N–H and O–H groups in total. The Morgan fingerprint density at radius 2 is 1.82 bits per heavy atom. The average molecular weight is 294 g/mol. The molecule has 4 rings (SSSR count). The van der Waals surface area contributed by atoms with Crippen LogP contribution in [0.25, 0.3) is 11.5 Å². The molecule has 1 saturated carbocycles. The summed E-state index contributed by atoms with van der Waals surface area (Å²) in [5.41, 5.74) is 2.02. The van der Waals surface area contributed by atoms with Crippen LogP contribution in [0.3, 0.4) is 0 Å². The zero-order chi connectivity index (χ0) is 14.8. The van der Waals surface area contributed by atoms with Crippen LogP contribution in [0.2, 0.25) is 0 Å². The van der Waals surface area contributed by atoms with Gasteiger partial charge in [0.2, 0.25) is 0 Å². The highest BCUT2D eigenvalue weighted by atomic mass is 15.2. The maximum absolute atomic E-state index is 4.83. The summed E-state index contributed by atoms with van der Waals surface area (Å²) in [7, 11) is 0. The first kappa shape index (κ1) is 13.8. The van der Waals surface area contributed by atoms with Crippen LogP contribution in [-0.2, 0) is 0 Å². The van der Waals surface area contributed by atoms with Crippen LogP contribution in [0.4, 0.5) is 0 Å². The van der Waals surface area contributed by atoms with Gasteiger partial charge in [-0.05, 0) is 50.4 Å².